The maximum Gasteiger partial charge on any atom is 0.303 e. The number of carbonyl (C=O) groups is 1. The molecule has 0 amide bonds. The zero-order valence-corrected chi connectivity index (χ0v) is 22.0. The number of aliphatic carboxylic acids is 1. The summed E-state index contributed by atoms with van der Waals surface area (Å²) in [6, 6.07) is 0. The van der Waals surface area contributed by atoms with Crippen LogP contribution in [0, 0.1) is 5.41 Å². The van der Waals surface area contributed by atoms with Gasteiger partial charge in [-0.05, 0) is 31.1 Å². The van der Waals surface area contributed by atoms with Gasteiger partial charge in [0.05, 0.1) is 0 Å². The summed E-state index contributed by atoms with van der Waals surface area (Å²) in [6.45, 7) is 6.68. The SMILES string of the molecule is CCCCCCCCCCCCCCC(CCC(=O)O)(C(Br)CC)C(Br)CC. The van der Waals surface area contributed by atoms with E-state index >= 15 is 0 Å². The first kappa shape index (κ1) is 28.4. The molecule has 2 nitrogen and oxygen atoms in total. The number of carboxylic acids is 1. The largest absolute Gasteiger partial charge is 0.481 e. The Balaban J connectivity index is 4.18. The van der Waals surface area contributed by atoms with Crippen molar-refractivity contribution in [1.82, 2.24) is 0 Å². The number of carboxylic acid groups (broad SMARTS) is 1. The molecule has 0 saturated carbocycles. The van der Waals surface area contributed by atoms with Gasteiger partial charge in [0.2, 0.25) is 0 Å². The Hall–Kier alpha value is 0.430. The minimum absolute atomic E-state index is 0.0420. The van der Waals surface area contributed by atoms with Gasteiger partial charge in [-0.25, -0.2) is 0 Å². The second-order valence-corrected chi connectivity index (χ2v) is 10.7. The highest BCUT2D eigenvalue weighted by molar-refractivity contribution is 9.10. The molecule has 0 aromatic heterocycles. The molecule has 0 saturated heterocycles. The van der Waals surface area contributed by atoms with Gasteiger partial charge in [-0.2, -0.15) is 0 Å². The fourth-order valence-corrected chi connectivity index (χ4v) is 6.30. The minimum Gasteiger partial charge on any atom is -0.481 e. The molecule has 0 fully saturated rings. The van der Waals surface area contributed by atoms with Crippen LogP contribution in [0.5, 0.6) is 0 Å². The highest BCUT2D eigenvalue weighted by Gasteiger charge is 2.41. The van der Waals surface area contributed by atoms with Crippen LogP contribution in [-0.2, 0) is 4.79 Å². The normalized spacial score (nSPS) is 15.9. The maximum atomic E-state index is 11.2. The van der Waals surface area contributed by atoms with Gasteiger partial charge in [-0.3, -0.25) is 4.79 Å². The van der Waals surface area contributed by atoms with Crippen LogP contribution in [0.4, 0.5) is 0 Å². The van der Waals surface area contributed by atoms with Crippen LogP contribution in [0.3, 0.4) is 0 Å². The average Bonchev–Trinajstić information content (AvgIpc) is 2.69. The van der Waals surface area contributed by atoms with Gasteiger partial charge >= 0.3 is 5.97 Å². The summed E-state index contributed by atoms with van der Waals surface area (Å²) < 4.78 is 0. The Morgan fingerprint density at radius 1 is 0.714 bits per heavy atom. The fraction of sp³-hybridized carbons (Fsp3) is 0.958. The molecule has 28 heavy (non-hydrogen) atoms. The molecule has 2 unspecified atom stereocenters. The van der Waals surface area contributed by atoms with Crippen LogP contribution < -0.4 is 0 Å². The number of halogens is 2. The predicted molar refractivity (Wildman–Crippen MR) is 131 cm³/mol. The van der Waals surface area contributed by atoms with Gasteiger partial charge in [0.15, 0.2) is 0 Å². The summed E-state index contributed by atoms with van der Waals surface area (Å²) in [4.78, 5) is 12.0. The second kappa shape index (κ2) is 18.2. The molecule has 0 aliphatic carbocycles. The highest BCUT2D eigenvalue weighted by Crippen LogP contribution is 2.47. The third-order valence-electron chi connectivity index (χ3n) is 6.26. The van der Waals surface area contributed by atoms with Crippen LogP contribution in [0.1, 0.15) is 130 Å². The molecule has 1 N–H and O–H groups in total. The molecule has 2 atom stereocenters. The molecular weight excluding hydrogens is 480 g/mol. The first-order valence-corrected chi connectivity index (χ1v) is 13.8. The topological polar surface area (TPSA) is 37.3 Å². The third-order valence-corrected chi connectivity index (χ3v) is 9.38. The average molecular weight is 526 g/mol. The van der Waals surface area contributed by atoms with Crippen LogP contribution >= 0.6 is 31.9 Å². The van der Waals surface area contributed by atoms with E-state index in [1.807, 2.05) is 0 Å². The second-order valence-electron chi connectivity index (χ2n) is 8.52. The smallest absolute Gasteiger partial charge is 0.303 e. The summed E-state index contributed by atoms with van der Waals surface area (Å²) in [5.74, 6) is -0.675. The van der Waals surface area contributed by atoms with Gasteiger partial charge in [0.25, 0.3) is 0 Å². The van der Waals surface area contributed by atoms with E-state index in [0.29, 0.717) is 9.65 Å². The van der Waals surface area contributed by atoms with Gasteiger partial charge in [-0.15, -0.1) is 0 Å². The number of hydrogen-bond acceptors (Lipinski definition) is 1. The van der Waals surface area contributed by atoms with Crippen molar-refractivity contribution in [2.24, 2.45) is 5.41 Å². The van der Waals surface area contributed by atoms with E-state index in [2.05, 4.69) is 52.6 Å². The van der Waals surface area contributed by atoms with E-state index in [1.165, 1.54) is 77.0 Å². The number of hydrogen-bond donors (Lipinski definition) is 1. The fourth-order valence-electron chi connectivity index (χ4n) is 4.40. The van der Waals surface area contributed by atoms with Crippen molar-refractivity contribution in [1.29, 1.82) is 0 Å². The van der Waals surface area contributed by atoms with Crippen molar-refractivity contribution in [2.75, 3.05) is 0 Å². The predicted octanol–water partition coefficient (Wildman–Crippen LogP) is 9.28. The summed E-state index contributed by atoms with van der Waals surface area (Å²) in [5.41, 5.74) is 0.0420. The molecule has 4 heteroatoms. The van der Waals surface area contributed by atoms with Crippen LogP contribution in [0.2, 0.25) is 0 Å². The molecule has 0 aliphatic rings. The summed E-state index contributed by atoms with van der Waals surface area (Å²) in [6.07, 6.45) is 20.6. The van der Waals surface area contributed by atoms with Crippen LogP contribution in [0.25, 0.3) is 0 Å². The van der Waals surface area contributed by atoms with Gasteiger partial charge < -0.3 is 5.11 Å². The van der Waals surface area contributed by atoms with Crippen LogP contribution in [0.15, 0.2) is 0 Å². The molecule has 0 aliphatic heterocycles. The molecule has 0 aromatic carbocycles. The quantitative estimate of drug-likeness (QED) is 0.127. The van der Waals surface area contributed by atoms with Gasteiger partial charge in [0.1, 0.15) is 0 Å². The molecule has 0 bridgehead atoms. The molecule has 0 spiro atoms. The van der Waals surface area contributed by atoms with Gasteiger partial charge in [-0.1, -0.05) is 130 Å². The van der Waals surface area contributed by atoms with Crippen molar-refractivity contribution in [3.8, 4) is 0 Å². The lowest BCUT2D eigenvalue weighted by atomic mass is 9.71. The van der Waals surface area contributed by atoms with Crippen LogP contribution in [-0.4, -0.2) is 20.7 Å². The molecule has 0 rings (SSSR count). The standard InChI is InChI=1S/C24H46Br2O2/c1-4-7-8-9-10-11-12-13-14-15-16-17-19-24(21(25)5-2,22(26)6-3)20-18-23(27)28/h21-22H,4-20H2,1-3H3,(H,27,28). The molecular formula is C24H46Br2O2. The Labute approximate surface area is 192 Å². The first-order chi connectivity index (χ1) is 13.4. The number of alkyl halides is 2. The van der Waals surface area contributed by atoms with Crippen molar-refractivity contribution >= 4 is 37.8 Å². The number of unbranched alkanes of at least 4 members (excludes halogenated alkanes) is 11. The minimum atomic E-state index is -0.675. The summed E-state index contributed by atoms with van der Waals surface area (Å²) >= 11 is 7.81. The van der Waals surface area contributed by atoms with E-state index < -0.39 is 5.97 Å². The monoisotopic (exact) mass is 524 g/mol. The lowest BCUT2D eigenvalue weighted by molar-refractivity contribution is -0.137. The Morgan fingerprint density at radius 3 is 1.46 bits per heavy atom. The highest BCUT2D eigenvalue weighted by atomic mass is 79.9. The lowest BCUT2D eigenvalue weighted by Crippen LogP contribution is -2.40. The summed E-state index contributed by atoms with van der Waals surface area (Å²) in [5, 5.41) is 9.23. The van der Waals surface area contributed by atoms with E-state index in [1.54, 1.807) is 0 Å². The Kier molecular flexibility index (Phi) is 18.5. The van der Waals surface area contributed by atoms with Crippen molar-refractivity contribution in [3.05, 3.63) is 0 Å². The van der Waals surface area contributed by atoms with E-state index in [0.717, 1.165) is 25.7 Å². The van der Waals surface area contributed by atoms with Crippen molar-refractivity contribution < 1.29 is 9.90 Å². The molecule has 0 heterocycles. The van der Waals surface area contributed by atoms with Crippen molar-refractivity contribution in [3.63, 3.8) is 0 Å². The summed E-state index contributed by atoms with van der Waals surface area (Å²) in [7, 11) is 0. The third kappa shape index (κ3) is 12.2. The van der Waals surface area contributed by atoms with Crippen molar-refractivity contribution in [2.45, 2.75) is 140 Å². The molecule has 168 valence electrons. The van der Waals surface area contributed by atoms with E-state index in [4.69, 9.17) is 0 Å². The Morgan fingerprint density at radius 2 is 1.11 bits per heavy atom. The van der Waals surface area contributed by atoms with Gasteiger partial charge in [0, 0.05) is 16.1 Å². The zero-order chi connectivity index (χ0) is 21.3. The first-order valence-electron chi connectivity index (χ1n) is 11.9. The zero-order valence-electron chi connectivity index (χ0n) is 18.8. The van der Waals surface area contributed by atoms with E-state index in [-0.39, 0.29) is 11.8 Å². The lowest BCUT2D eigenvalue weighted by Gasteiger charge is -2.42. The number of rotatable bonds is 20. The Bertz CT molecular complexity index is 364. The van der Waals surface area contributed by atoms with E-state index in [9.17, 15) is 9.90 Å². The molecule has 0 aromatic rings. The molecule has 0 radical (unpaired) electrons. The maximum absolute atomic E-state index is 11.2.